The highest BCUT2D eigenvalue weighted by Crippen LogP contribution is 2.49. The summed E-state index contributed by atoms with van der Waals surface area (Å²) in [7, 11) is 0. The highest BCUT2D eigenvalue weighted by Gasteiger charge is 2.49. The molecule has 0 unspecified atom stereocenters. The van der Waals surface area contributed by atoms with Crippen LogP contribution in [0.4, 0.5) is 14.6 Å². The lowest BCUT2D eigenvalue weighted by Crippen LogP contribution is -2.33. The Kier molecular flexibility index (Phi) is 5.18. The van der Waals surface area contributed by atoms with Crippen molar-refractivity contribution in [1.82, 2.24) is 9.55 Å². The van der Waals surface area contributed by atoms with Gasteiger partial charge in [-0.1, -0.05) is 12.1 Å². The Hall–Kier alpha value is -4.73. The minimum absolute atomic E-state index is 0.0499. The predicted molar refractivity (Wildman–Crippen MR) is 131 cm³/mol. The maximum Gasteiger partial charge on any atom is 0.254 e. The summed E-state index contributed by atoms with van der Waals surface area (Å²) >= 11 is 0. The van der Waals surface area contributed by atoms with Gasteiger partial charge in [0.1, 0.15) is 17.0 Å². The number of primary amides is 1. The molecule has 6 rings (SSSR count). The van der Waals surface area contributed by atoms with E-state index in [9.17, 15) is 14.0 Å². The lowest BCUT2D eigenvalue weighted by molar-refractivity contribution is 0.0998. The number of carbonyl (C=O) groups excluding carboxylic acids is 1. The second-order valence-corrected chi connectivity index (χ2v) is 9.04. The Labute approximate surface area is 209 Å². The van der Waals surface area contributed by atoms with Crippen molar-refractivity contribution in [2.24, 2.45) is 5.73 Å². The van der Waals surface area contributed by atoms with E-state index in [1.165, 1.54) is 53.4 Å². The zero-order chi connectivity index (χ0) is 25.7. The molecule has 1 aliphatic carbocycles. The Morgan fingerprint density at radius 1 is 1.08 bits per heavy atom. The van der Waals surface area contributed by atoms with Crippen molar-refractivity contribution in [1.29, 1.82) is 0 Å². The molecule has 0 atom stereocenters. The molecule has 1 spiro atoms. The molecule has 1 saturated carbocycles. The number of aromatic nitrogens is 2. The molecule has 8 nitrogen and oxygen atoms in total. The summed E-state index contributed by atoms with van der Waals surface area (Å²) in [6.45, 7) is 0.659. The van der Waals surface area contributed by atoms with Crippen LogP contribution in [0, 0.1) is 11.6 Å². The number of rotatable bonds is 5. The number of pyridine rings is 2. The second kappa shape index (κ2) is 8.44. The summed E-state index contributed by atoms with van der Waals surface area (Å²) in [5.41, 5.74) is 5.06. The molecule has 1 aliphatic heterocycles. The maximum absolute atomic E-state index is 15.2. The molecule has 0 saturated heterocycles. The van der Waals surface area contributed by atoms with Crippen molar-refractivity contribution >= 4 is 11.7 Å². The molecule has 2 aromatic heterocycles. The molecular weight excluding hydrogens is 482 g/mol. The number of anilines is 1. The van der Waals surface area contributed by atoms with Gasteiger partial charge in [0, 0.05) is 42.0 Å². The topological polar surface area (TPSA) is 108 Å². The number of nitrogens with one attached hydrogen (secondary N) is 1. The number of nitrogens with zero attached hydrogens (tertiary/aromatic N) is 2. The number of hydrogen-bond donors (Lipinski definition) is 2. The minimum atomic E-state index is -0.937. The fraction of sp³-hybridized carbons (Fsp3) is 0.148. The van der Waals surface area contributed by atoms with Crippen molar-refractivity contribution in [3.8, 4) is 34.1 Å². The van der Waals surface area contributed by atoms with Crippen molar-refractivity contribution in [3.05, 3.63) is 94.5 Å². The van der Waals surface area contributed by atoms with Gasteiger partial charge in [0.2, 0.25) is 11.2 Å². The van der Waals surface area contributed by atoms with Crippen molar-refractivity contribution in [2.75, 3.05) is 11.9 Å². The average Bonchev–Trinajstić information content (AvgIpc) is 3.64. The molecule has 2 aromatic carbocycles. The van der Waals surface area contributed by atoms with Crippen LogP contribution in [-0.4, -0.2) is 27.6 Å². The highest BCUT2D eigenvalue weighted by molar-refractivity contribution is 5.93. The van der Waals surface area contributed by atoms with Crippen LogP contribution in [-0.2, 0) is 0 Å². The van der Waals surface area contributed by atoms with Gasteiger partial charge in [-0.15, -0.1) is 0 Å². The van der Waals surface area contributed by atoms with E-state index in [1.54, 1.807) is 18.3 Å². The van der Waals surface area contributed by atoms with E-state index in [-0.39, 0.29) is 22.5 Å². The van der Waals surface area contributed by atoms with Crippen LogP contribution in [0.15, 0.2) is 71.9 Å². The molecule has 0 bridgehead atoms. The average molecular weight is 502 g/mol. The van der Waals surface area contributed by atoms with Crippen LogP contribution in [0.25, 0.3) is 16.8 Å². The molecule has 3 N–H and O–H groups in total. The van der Waals surface area contributed by atoms with Gasteiger partial charge in [0.25, 0.3) is 5.91 Å². The van der Waals surface area contributed by atoms with E-state index in [1.807, 2.05) is 0 Å². The van der Waals surface area contributed by atoms with Crippen molar-refractivity contribution in [3.63, 3.8) is 0 Å². The number of hydrogen-bond acceptors (Lipinski definition) is 6. The lowest BCUT2D eigenvalue weighted by Gasteiger charge is -2.27. The van der Waals surface area contributed by atoms with Crippen LogP contribution in [0.3, 0.4) is 0 Å². The summed E-state index contributed by atoms with van der Waals surface area (Å²) < 4.78 is 42.0. The molecular formula is C27H20F2N4O4. The number of fused-ring (bicyclic) bond motifs is 1. The fourth-order valence-corrected chi connectivity index (χ4v) is 4.24. The smallest absolute Gasteiger partial charge is 0.254 e. The largest absolute Gasteiger partial charge is 0.478 e. The summed E-state index contributed by atoms with van der Waals surface area (Å²) in [5, 5.41) is 3.23. The van der Waals surface area contributed by atoms with E-state index >= 15 is 4.39 Å². The van der Waals surface area contributed by atoms with E-state index in [0.29, 0.717) is 35.1 Å². The summed E-state index contributed by atoms with van der Waals surface area (Å²) in [4.78, 5) is 29.1. The van der Waals surface area contributed by atoms with Crippen LogP contribution >= 0.6 is 0 Å². The molecule has 1 fully saturated rings. The standard InChI is InChI=1S/C27H20F2N4O4/c28-16-3-1-15(2-4-16)18-12-33(13-19(23(18)34)25(30)35)17-5-6-21(20(29)11-17)36-22-7-10-31-26-24(22)37-27(8-9-27)14-32-26/h1-7,10-13H,8-9,14H2,(H2,30,35)(H,31,32). The predicted octanol–water partition coefficient (Wildman–Crippen LogP) is 4.41. The third-order valence-corrected chi connectivity index (χ3v) is 6.45. The Morgan fingerprint density at radius 2 is 1.86 bits per heavy atom. The second-order valence-electron chi connectivity index (χ2n) is 9.04. The van der Waals surface area contributed by atoms with Gasteiger partial charge in [-0.3, -0.25) is 9.59 Å². The first-order valence-electron chi connectivity index (χ1n) is 11.5. The van der Waals surface area contributed by atoms with Gasteiger partial charge in [0.05, 0.1) is 6.54 Å². The first kappa shape index (κ1) is 22.7. The molecule has 37 heavy (non-hydrogen) atoms. The summed E-state index contributed by atoms with van der Waals surface area (Å²) in [6, 6.07) is 11.0. The van der Waals surface area contributed by atoms with E-state index in [0.717, 1.165) is 12.8 Å². The number of carbonyl (C=O) groups is 1. The van der Waals surface area contributed by atoms with Crippen LogP contribution in [0.2, 0.25) is 0 Å². The van der Waals surface area contributed by atoms with Crippen molar-refractivity contribution in [2.45, 2.75) is 18.4 Å². The number of halogens is 2. The third-order valence-electron chi connectivity index (χ3n) is 6.45. The van der Waals surface area contributed by atoms with Crippen molar-refractivity contribution < 1.29 is 23.0 Å². The quantitative estimate of drug-likeness (QED) is 0.419. The van der Waals surface area contributed by atoms with Gasteiger partial charge in [-0.05, 0) is 42.7 Å². The first-order valence-corrected chi connectivity index (χ1v) is 11.5. The number of ether oxygens (including phenoxy) is 2. The monoisotopic (exact) mass is 502 g/mol. The van der Waals surface area contributed by atoms with Gasteiger partial charge < -0.3 is 25.1 Å². The Morgan fingerprint density at radius 3 is 2.57 bits per heavy atom. The maximum atomic E-state index is 15.2. The molecule has 3 heterocycles. The van der Waals surface area contributed by atoms with E-state index < -0.39 is 23.0 Å². The molecule has 10 heteroatoms. The lowest BCUT2D eigenvalue weighted by atomic mass is 10.0. The fourth-order valence-electron chi connectivity index (χ4n) is 4.24. The van der Waals surface area contributed by atoms with Crippen LogP contribution < -0.4 is 26.0 Å². The zero-order valence-corrected chi connectivity index (χ0v) is 19.3. The highest BCUT2D eigenvalue weighted by atomic mass is 19.1. The Balaban J connectivity index is 1.36. The molecule has 186 valence electrons. The van der Waals surface area contributed by atoms with Crippen LogP contribution in [0.5, 0.6) is 17.2 Å². The van der Waals surface area contributed by atoms with E-state index in [4.69, 9.17) is 15.2 Å². The first-order chi connectivity index (χ1) is 17.8. The molecule has 4 aromatic rings. The van der Waals surface area contributed by atoms with Gasteiger partial charge >= 0.3 is 0 Å². The summed E-state index contributed by atoms with van der Waals surface area (Å²) in [6.07, 6.45) is 6.06. The minimum Gasteiger partial charge on any atom is -0.478 e. The molecule has 0 radical (unpaired) electrons. The van der Waals surface area contributed by atoms with Gasteiger partial charge in [0.15, 0.2) is 23.1 Å². The third kappa shape index (κ3) is 4.16. The normalized spacial score (nSPS) is 14.9. The zero-order valence-electron chi connectivity index (χ0n) is 19.3. The van der Waals surface area contributed by atoms with Crippen LogP contribution in [0.1, 0.15) is 23.2 Å². The molecule has 1 amide bonds. The van der Waals surface area contributed by atoms with Gasteiger partial charge in [-0.25, -0.2) is 13.8 Å². The Bertz CT molecular complexity index is 1610. The van der Waals surface area contributed by atoms with E-state index in [2.05, 4.69) is 10.3 Å². The number of amides is 1. The number of nitrogens with two attached hydrogens (primary N) is 1. The van der Waals surface area contributed by atoms with Gasteiger partial charge in [-0.2, -0.15) is 0 Å². The number of benzene rings is 2. The molecule has 2 aliphatic rings. The SMILES string of the molecule is NC(=O)c1cn(-c2ccc(Oc3ccnc4c3OC3(CC3)CN4)c(F)c2)cc(-c2ccc(F)cc2)c1=O. The summed E-state index contributed by atoms with van der Waals surface area (Å²) in [5.74, 6) is -0.850.